The minimum atomic E-state index is -3.17. The molecule has 6 heteroatoms. The second-order valence-electron chi connectivity index (χ2n) is 3.79. The van der Waals surface area contributed by atoms with E-state index >= 15 is 0 Å². The molecule has 1 aromatic heterocycles. The molecule has 4 nitrogen and oxygen atoms in total. The van der Waals surface area contributed by atoms with Crippen LogP contribution in [0.25, 0.3) is 11.0 Å². The minimum Gasteiger partial charge on any atom is -0.480 e. The van der Waals surface area contributed by atoms with E-state index < -0.39 is 24.3 Å². The normalized spacial score (nSPS) is 11.9. The van der Waals surface area contributed by atoms with E-state index in [0.717, 1.165) is 4.57 Å². The predicted molar refractivity (Wildman–Crippen MR) is 56.9 cm³/mol. The van der Waals surface area contributed by atoms with Gasteiger partial charge in [0, 0.05) is 6.92 Å². The van der Waals surface area contributed by atoms with Gasteiger partial charge in [-0.3, -0.25) is 4.79 Å². The van der Waals surface area contributed by atoms with Crippen molar-refractivity contribution in [3.8, 4) is 0 Å². The van der Waals surface area contributed by atoms with Gasteiger partial charge < -0.3 is 9.67 Å². The summed E-state index contributed by atoms with van der Waals surface area (Å²) in [6.07, 6.45) is 0. The summed E-state index contributed by atoms with van der Waals surface area (Å²) in [5, 5.41) is 8.74. The Morgan fingerprint density at radius 1 is 1.47 bits per heavy atom. The molecule has 0 bridgehead atoms. The Morgan fingerprint density at radius 3 is 2.71 bits per heavy atom. The van der Waals surface area contributed by atoms with Gasteiger partial charge in [0.25, 0.3) is 0 Å². The first-order valence-corrected chi connectivity index (χ1v) is 4.95. The van der Waals surface area contributed by atoms with Crippen molar-refractivity contribution in [3.63, 3.8) is 0 Å². The zero-order chi connectivity index (χ0) is 12.6. The summed E-state index contributed by atoms with van der Waals surface area (Å²) >= 11 is 0. The Hall–Kier alpha value is -1.98. The zero-order valence-corrected chi connectivity index (χ0v) is 9.02. The first-order valence-electron chi connectivity index (χ1n) is 4.95. The van der Waals surface area contributed by atoms with Crippen LogP contribution in [0.4, 0.5) is 8.78 Å². The monoisotopic (exact) mass is 240 g/mol. The lowest BCUT2D eigenvalue weighted by Crippen LogP contribution is -2.19. The third kappa shape index (κ3) is 2.11. The Kier molecular flexibility index (Phi) is 2.57. The molecule has 0 aliphatic carbocycles. The van der Waals surface area contributed by atoms with Gasteiger partial charge in [0.2, 0.25) is 0 Å². The van der Waals surface area contributed by atoms with Crippen LogP contribution in [-0.4, -0.2) is 20.6 Å². The number of hydrogen-bond donors (Lipinski definition) is 1. The molecule has 0 amide bonds. The number of benzene rings is 1. The van der Waals surface area contributed by atoms with E-state index in [1.165, 1.54) is 0 Å². The Bertz CT molecular complexity index is 572. The topological polar surface area (TPSA) is 55.1 Å². The van der Waals surface area contributed by atoms with Crippen LogP contribution >= 0.6 is 0 Å². The van der Waals surface area contributed by atoms with Gasteiger partial charge in [-0.15, -0.1) is 0 Å². The number of fused-ring (bicyclic) bond motifs is 1. The molecule has 1 aromatic carbocycles. The fourth-order valence-electron chi connectivity index (χ4n) is 1.71. The van der Waals surface area contributed by atoms with Crippen molar-refractivity contribution < 1.29 is 18.7 Å². The summed E-state index contributed by atoms with van der Waals surface area (Å²) < 4.78 is 27.7. The van der Waals surface area contributed by atoms with Crippen LogP contribution in [0.2, 0.25) is 0 Å². The fraction of sp³-hybridized carbons (Fsp3) is 0.273. The highest BCUT2D eigenvalue weighted by molar-refractivity contribution is 5.78. The number of nitrogens with zero attached hydrogens (tertiary/aromatic N) is 2. The largest absolute Gasteiger partial charge is 0.480 e. The molecule has 1 heterocycles. The number of aromatic nitrogens is 2. The van der Waals surface area contributed by atoms with Gasteiger partial charge in [0.05, 0.1) is 11.0 Å². The van der Waals surface area contributed by atoms with Gasteiger partial charge in [-0.05, 0) is 12.1 Å². The number of hydrogen-bond acceptors (Lipinski definition) is 2. The van der Waals surface area contributed by atoms with Crippen LogP contribution in [-0.2, 0) is 17.3 Å². The Morgan fingerprint density at radius 2 is 2.12 bits per heavy atom. The van der Waals surface area contributed by atoms with Crippen LogP contribution in [0.15, 0.2) is 24.3 Å². The lowest BCUT2D eigenvalue weighted by atomic mass is 10.3. The molecule has 1 N–H and O–H groups in total. The molecule has 0 aliphatic rings. The summed E-state index contributed by atoms with van der Waals surface area (Å²) in [4.78, 5) is 14.5. The van der Waals surface area contributed by atoms with E-state index in [9.17, 15) is 13.6 Å². The number of rotatable bonds is 3. The molecule has 0 unspecified atom stereocenters. The van der Waals surface area contributed by atoms with Crippen molar-refractivity contribution in [2.45, 2.75) is 19.4 Å². The highest BCUT2D eigenvalue weighted by atomic mass is 19.3. The molecular formula is C11H10F2N2O2. The summed E-state index contributed by atoms with van der Waals surface area (Å²) in [6, 6.07) is 6.46. The van der Waals surface area contributed by atoms with Gasteiger partial charge in [-0.2, -0.15) is 8.78 Å². The third-order valence-corrected chi connectivity index (χ3v) is 2.34. The predicted octanol–water partition coefficient (Wildman–Crippen LogP) is 2.23. The fourth-order valence-corrected chi connectivity index (χ4v) is 1.71. The number of aliphatic carboxylic acids is 1. The average molecular weight is 240 g/mol. The van der Waals surface area contributed by atoms with E-state index in [-0.39, 0.29) is 0 Å². The molecule has 0 saturated heterocycles. The maximum absolute atomic E-state index is 13.3. The first-order chi connectivity index (χ1) is 7.89. The second kappa shape index (κ2) is 3.80. The SMILES string of the molecule is CC(F)(F)c1nc2ccccc2n1CC(=O)O. The maximum Gasteiger partial charge on any atom is 0.323 e. The van der Waals surface area contributed by atoms with Crippen LogP contribution in [0.5, 0.6) is 0 Å². The lowest BCUT2D eigenvalue weighted by Gasteiger charge is -2.11. The first kappa shape index (κ1) is 11.5. The summed E-state index contributed by atoms with van der Waals surface area (Å²) in [5.41, 5.74) is 0.761. The third-order valence-electron chi connectivity index (χ3n) is 2.34. The number of carbonyl (C=O) groups is 1. The van der Waals surface area contributed by atoms with Gasteiger partial charge >= 0.3 is 11.9 Å². The number of carboxylic acids is 1. The molecular weight excluding hydrogens is 230 g/mol. The average Bonchev–Trinajstić information content (AvgIpc) is 2.56. The highest BCUT2D eigenvalue weighted by Gasteiger charge is 2.32. The summed E-state index contributed by atoms with van der Waals surface area (Å²) in [5.74, 6) is -4.88. The van der Waals surface area contributed by atoms with Gasteiger partial charge in [0.15, 0.2) is 5.82 Å². The molecule has 0 aliphatic heterocycles. The Labute approximate surface area is 95.5 Å². The van der Waals surface area contributed by atoms with Crippen molar-refractivity contribution in [1.82, 2.24) is 9.55 Å². The minimum absolute atomic E-state index is 0.366. The molecule has 17 heavy (non-hydrogen) atoms. The molecule has 0 fully saturated rings. The van der Waals surface area contributed by atoms with Crippen LogP contribution in [0, 0.1) is 0 Å². The van der Waals surface area contributed by atoms with Gasteiger partial charge in [-0.1, -0.05) is 12.1 Å². The van der Waals surface area contributed by atoms with E-state index in [1.807, 2.05) is 0 Å². The van der Waals surface area contributed by atoms with Gasteiger partial charge in [0.1, 0.15) is 6.54 Å². The standard InChI is InChI=1S/C11H10F2N2O2/c1-11(12,13)10-14-7-4-2-3-5-8(7)15(10)6-9(16)17/h2-5H,6H2,1H3,(H,16,17). The molecule has 0 spiro atoms. The van der Waals surface area contributed by atoms with Crippen LogP contribution in [0.3, 0.4) is 0 Å². The van der Waals surface area contributed by atoms with Gasteiger partial charge in [-0.25, -0.2) is 4.98 Å². The molecule has 0 saturated carbocycles. The maximum atomic E-state index is 13.3. The van der Waals surface area contributed by atoms with Crippen molar-refractivity contribution in [2.24, 2.45) is 0 Å². The summed E-state index contributed by atoms with van der Waals surface area (Å²) in [6.45, 7) is 0.172. The van der Waals surface area contributed by atoms with E-state index in [0.29, 0.717) is 18.0 Å². The molecule has 2 aromatic rings. The molecule has 0 radical (unpaired) electrons. The van der Waals surface area contributed by atoms with E-state index in [1.54, 1.807) is 24.3 Å². The van der Waals surface area contributed by atoms with Crippen molar-refractivity contribution in [1.29, 1.82) is 0 Å². The smallest absolute Gasteiger partial charge is 0.323 e. The Balaban J connectivity index is 2.69. The number of para-hydroxylation sites is 2. The van der Waals surface area contributed by atoms with E-state index in [4.69, 9.17) is 5.11 Å². The number of carboxylic acid groups (broad SMARTS) is 1. The summed E-state index contributed by atoms with van der Waals surface area (Å²) in [7, 11) is 0. The molecule has 0 atom stereocenters. The van der Waals surface area contributed by atoms with Crippen molar-refractivity contribution in [3.05, 3.63) is 30.1 Å². The van der Waals surface area contributed by atoms with E-state index in [2.05, 4.69) is 4.98 Å². The van der Waals surface area contributed by atoms with Crippen LogP contribution in [0.1, 0.15) is 12.7 Å². The quantitative estimate of drug-likeness (QED) is 0.895. The number of imidazole rings is 1. The van der Waals surface area contributed by atoms with Crippen molar-refractivity contribution in [2.75, 3.05) is 0 Å². The number of alkyl halides is 2. The lowest BCUT2D eigenvalue weighted by molar-refractivity contribution is -0.137. The highest BCUT2D eigenvalue weighted by Crippen LogP contribution is 2.29. The molecule has 2 rings (SSSR count). The zero-order valence-electron chi connectivity index (χ0n) is 9.02. The number of halogens is 2. The molecule has 90 valence electrons. The van der Waals surface area contributed by atoms with Crippen LogP contribution < -0.4 is 0 Å². The van der Waals surface area contributed by atoms with Crippen molar-refractivity contribution >= 4 is 17.0 Å². The second-order valence-corrected chi connectivity index (χ2v) is 3.79.